The summed E-state index contributed by atoms with van der Waals surface area (Å²) < 4.78 is 13.6. The van der Waals surface area contributed by atoms with Crippen molar-refractivity contribution >= 4 is 33.2 Å². The molecule has 6 nitrogen and oxygen atoms in total. The number of Topliss-reactive ketones (excluding diaryl/α,β-unsaturated/α-hetero) is 1. The van der Waals surface area contributed by atoms with Gasteiger partial charge < -0.3 is 14.0 Å². The Kier molecular flexibility index (Phi) is 5.41. The Morgan fingerprint density at radius 3 is 2.19 bits per heavy atom. The molecule has 0 aliphatic rings. The zero-order valence-electron chi connectivity index (χ0n) is 15.6. The van der Waals surface area contributed by atoms with Crippen molar-refractivity contribution in [2.75, 3.05) is 14.2 Å². The fourth-order valence-electron chi connectivity index (χ4n) is 2.79. The fraction of sp³-hybridized carbons (Fsp3) is 0.250. The van der Waals surface area contributed by atoms with Crippen LogP contribution >= 0.6 is 11.3 Å². The number of ketones is 1. The number of thiazole rings is 1. The Labute approximate surface area is 160 Å². The van der Waals surface area contributed by atoms with Crippen molar-refractivity contribution in [1.82, 2.24) is 4.57 Å². The summed E-state index contributed by atoms with van der Waals surface area (Å²) in [5, 5.41) is 0. The number of nitrogens with zero attached hydrogens (tertiary/aromatic N) is 2. The molecule has 27 heavy (non-hydrogen) atoms. The van der Waals surface area contributed by atoms with Crippen molar-refractivity contribution < 1.29 is 19.1 Å². The molecule has 0 saturated carbocycles. The number of aromatic nitrogens is 1. The lowest BCUT2D eigenvalue weighted by atomic mass is 10.1. The molecule has 1 heterocycles. The molecule has 0 atom stereocenters. The number of hydrogen-bond donors (Lipinski definition) is 0. The van der Waals surface area contributed by atoms with Gasteiger partial charge in [-0.05, 0) is 26.0 Å². The maximum Gasteiger partial charge on any atom is 0.279 e. The minimum absolute atomic E-state index is 0.0397. The van der Waals surface area contributed by atoms with Gasteiger partial charge in [0.15, 0.2) is 22.1 Å². The number of methoxy groups -OCH3 is 2. The van der Waals surface area contributed by atoms with Gasteiger partial charge in [-0.25, -0.2) is 0 Å². The number of amides is 1. The lowest BCUT2D eigenvalue weighted by Gasteiger charge is -2.08. The zero-order valence-corrected chi connectivity index (χ0v) is 16.4. The highest BCUT2D eigenvalue weighted by molar-refractivity contribution is 7.16. The monoisotopic (exact) mass is 384 g/mol. The third-order valence-corrected chi connectivity index (χ3v) is 5.28. The van der Waals surface area contributed by atoms with Crippen LogP contribution in [0.5, 0.6) is 11.5 Å². The molecule has 1 aromatic heterocycles. The van der Waals surface area contributed by atoms with Crippen LogP contribution in [0.2, 0.25) is 0 Å². The molecule has 0 N–H and O–H groups in total. The Morgan fingerprint density at radius 2 is 1.63 bits per heavy atom. The normalized spacial score (nSPS) is 11.6. The van der Waals surface area contributed by atoms with Crippen LogP contribution in [0.15, 0.2) is 41.4 Å². The van der Waals surface area contributed by atoms with Gasteiger partial charge in [0, 0.05) is 29.8 Å². The van der Waals surface area contributed by atoms with Gasteiger partial charge in [0.2, 0.25) is 0 Å². The van der Waals surface area contributed by atoms with Crippen LogP contribution in [0.4, 0.5) is 0 Å². The number of ether oxygens (including phenoxy) is 2. The number of hydrogen-bond acceptors (Lipinski definition) is 5. The first-order chi connectivity index (χ1) is 13.0. The van der Waals surface area contributed by atoms with E-state index in [1.165, 1.54) is 18.3 Å². The van der Waals surface area contributed by atoms with E-state index in [1.54, 1.807) is 38.5 Å². The summed E-state index contributed by atoms with van der Waals surface area (Å²) in [6, 6.07) is 10.3. The molecule has 1 amide bonds. The number of carbonyl (C=O) groups is 2. The number of rotatable bonds is 5. The molecule has 7 heteroatoms. The first-order valence-electron chi connectivity index (χ1n) is 8.44. The second-order valence-electron chi connectivity index (χ2n) is 5.85. The third-order valence-electron chi connectivity index (χ3n) is 4.24. The summed E-state index contributed by atoms with van der Waals surface area (Å²) in [6.45, 7) is 4.14. The molecule has 0 fully saturated rings. The minimum atomic E-state index is -0.349. The van der Waals surface area contributed by atoms with Crippen molar-refractivity contribution in [3.8, 4) is 11.5 Å². The lowest BCUT2D eigenvalue weighted by molar-refractivity contribution is 0.0991. The summed E-state index contributed by atoms with van der Waals surface area (Å²) in [5.41, 5.74) is 1.94. The fourth-order valence-corrected chi connectivity index (χ4v) is 3.89. The van der Waals surface area contributed by atoms with E-state index in [0.717, 1.165) is 10.2 Å². The Balaban J connectivity index is 2.09. The van der Waals surface area contributed by atoms with E-state index >= 15 is 0 Å². The predicted molar refractivity (Wildman–Crippen MR) is 105 cm³/mol. The average Bonchev–Trinajstić information content (AvgIpc) is 3.02. The molecule has 3 rings (SSSR count). The van der Waals surface area contributed by atoms with E-state index in [-0.39, 0.29) is 11.7 Å². The SMILES string of the molecule is CCn1c(=NC(=O)c2ccc(C(C)=O)cc2)sc2cc(OC)c(OC)cc21. The van der Waals surface area contributed by atoms with Gasteiger partial charge in [0.05, 0.1) is 24.4 Å². The van der Waals surface area contributed by atoms with E-state index < -0.39 is 0 Å². The lowest BCUT2D eigenvalue weighted by Crippen LogP contribution is -2.16. The van der Waals surface area contributed by atoms with Crippen molar-refractivity contribution in [1.29, 1.82) is 0 Å². The van der Waals surface area contributed by atoms with Crippen molar-refractivity contribution in [3.05, 3.63) is 52.3 Å². The first kappa shape index (κ1) is 18.8. The summed E-state index contributed by atoms with van der Waals surface area (Å²) in [5.74, 6) is 0.870. The first-order valence-corrected chi connectivity index (χ1v) is 9.25. The van der Waals surface area contributed by atoms with Crippen LogP contribution in [-0.2, 0) is 6.54 Å². The number of fused-ring (bicyclic) bond motifs is 1. The van der Waals surface area contributed by atoms with Gasteiger partial charge >= 0.3 is 0 Å². The number of carbonyl (C=O) groups excluding carboxylic acids is 2. The van der Waals surface area contributed by atoms with Crippen LogP contribution < -0.4 is 14.3 Å². The molecular formula is C20H20N2O4S. The summed E-state index contributed by atoms with van der Waals surface area (Å²) in [6.07, 6.45) is 0. The average molecular weight is 384 g/mol. The Hall–Kier alpha value is -2.93. The van der Waals surface area contributed by atoms with Crippen LogP contribution in [-0.4, -0.2) is 30.5 Å². The van der Waals surface area contributed by atoms with Crippen molar-refractivity contribution in [2.45, 2.75) is 20.4 Å². The highest BCUT2D eigenvalue weighted by Crippen LogP contribution is 2.33. The second kappa shape index (κ2) is 7.75. The largest absolute Gasteiger partial charge is 0.493 e. The second-order valence-corrected chi connectivity index (χ2v) is 6.86. The Morgan fingerprint density at radius 1 is 1.04 bits per heavy atom. The molecule has 0 spiro atoms. The molecular weight excluding hydrogens is 364 g/mol. The maximum absolute atomic E-state index is 12.6. The molecule has 140 valence electrons. The predicted octanol–water partition coefficient (Wildman–Crippen LogP) is 3.68. The van der Waals surface area contributed by atoms with Crippen LogP contribution in [0.1, 0.15) is 34.6 Å². The van der Waals surface area contributed by atoms with Crippen molar-refractivity contribution in [2.24, 2.45) is 4.99 Å². The molecule has 0 saturated heterocycles. The zero-order chi connectivity index (χ0) is 19.6. The molecule has 3 aromatic rings. The van der Waals surface area contributed by atoms with Crippen LogP contribution in [0.25, 0.3) is 10.2 Å². The molecule has 0 aliphatic heterocycles. The van der Waals surface area contributed by atoms with Crippen molar-refractivity contribution in [3.63, 3.8) is 0 Å². The molecule has 0 aliphatic carbocycles. The smallest absolute Gasteiger partial charge is 0.279 e. The van der Waals surface area contributed by atoms with Gasteiger partial charge in [0.25, 0.3) is 5.91 Å². The molecule has 0 radical (unpaired) electrons. The maximum atomic E-state index is 12.6. The third kappa shape index (κ3) is 3.64. The minimum Gasteiger partial charge on any atom is -0.493 e. The number of benzene rings is 2. The van der Waals surface area contributed by atoms with E-state index in [1.807, 2.05) is 23.6 Å². The molecule has 0 bridgehead atoms. The molecule has 0 unspecified atom stereocenters. The number of aryl methyl sites for hydroxylation is 1. The molecule has 2 aromatic carbocycles. The quantitative estimate of drug-likeness (QED) is 0.629. The van der Waals surface area contributed by atoms with Gasteiger partial charge in [-0.2, -0.15) is 4.99 Å². The van der Waals surface area contributed by atoms with E-state index in [9.17, 15) is 9.59 Å². The highest BCUT2D eigenvalue weighted by atomic mass is 32.1. The van der Waals surface area contributed by atoms with E-state index in [0.29, 0.717) is 34.0 Å². The van der Waals surface area contributed by atoms with Gasteiger partial charge in [0.1, 0.15) is 0 Å². The van der Waals surface area contributed by atoms with Crippen LogP contribution in [0.3, 0.4) is 0 Å². The van der Waals surface area contributed by atoms with Gasteiger partial charge in [-0.1, -0.05) is 23.5 Å². The summed E-state index contributed by atoms with van der Waals surface area (Å²) in [7, 11) is 3.18. The van der Waals surface area contributed by atoms with Gasteiger partial charge in [-0.15, -0.1) is 0 Å². The van der Waals surface area contributed by atoms with Crippen LogP contribution in [0, 0.1) is 0 Å². The van der Waals surface area contributed by atoms with E-state index in [4.69, 9.17) is 9.47 Å². The standard InChI is InChI=1S/C20H20N2O4S/c1-5-22-15-10-16(25-3)17(26-4)11-18(15)27-20(22)21-19(24)14-8-6-13(7-9-14)12(2)23/h6-11H,5H2,1-4H3. The summed E-state index contributed by atoms with van der Waals surface area (Å²) >= 11 is 1.41. The topological polar surface area (TPSA) is 69.9 Å². The van der Waals surface area contributed by atoms with Gasteiger partial charge in [-0.3, -0.25) is 9.59 Å². The highest BCUT2D eigenvalue weighted by Gasteiger charge is 2.13. The van der Waals surface area contributed by atoms with E-state index in [2.05, 4.69) is 4.99 Å². The summed E-state index contributed by atoms with van der Waals surface area (Å²) in [4.78, 5) is 28.9. The Bertz CT molecular complexity index is 1080.